The number of carbonyl (C=O) groups is 1. The predicted molar refractivity (Wildman–Crippen MR) is 61.1 cm³/mol. The minimum absolute atomic E-state index is 0.0502. The third-order valence-electron chi connectivity index (χ3n) is 2.93. The van der Waals surface area contributed by atoms with Gasteiger partial charge in [-0.3, -0.25) is 4.79 Å². The summed E-state index contributed by atoms with van der Waals surface area (Å²) in [4.78, 5) is 11.8. The fraction of sp³-hybridized carbons (Fsp3) is 0.462. The first-order valence-electron chi connectivity index (χ1n) is 5.57. The van der Waals surface area contributed by atoms with Crippen LogP contribution in [-0.4, -0.2) is 11.8 Å². The van der Waals surface area contributed by atoms with Gasteiger partial charge in [0.1, 0.15) is 0 Å². The second-order valence-corrected chi connectivity index (χ2v) is 4.44. The number of hydrogen-bond acceptors (Lipinski definition) is 2. The van der Waals surface area contributed by atoms with Crippen LogP contribution in [0.3, 0.4) is 0 Å². The van der Waals surface area contributed by atoms with Gasteiger partial charge in [0.25, 0.3) is 0 Å². The van der Waals surface area contributed by atoms with Gasteiger partial charge in [0, 0.05) is 18.0 Å². The van der Waals surface area contributed by atoms with Crippen LogP contribution in [0.2, 0.25) is 0 Å². The normalized spacial score (nSPS) is 16.1. The molecule has 0 spiro atoms. The van der Waals surface area contributed by atoms with Crippen molar-refractivity contribution in [3.8, 4) is 0 Å². The molecule has 2 N–H and O–H groups in total. The van der Waals surface area contributed by atoms with E-state index in [1.165, 1.54) is 17.5 Å². The summed E-state index contributed by atoms with van der Waals surface area (Å²) in [6, 6.07) is 6.03. The molecule has 1 aromatic carbocycles. The second-order valence-electron chi connectivity index (χ2n) is 4.44. The molecule has 0 aromatic heterocycles. The maximum atomic E-state index is 11.8. The van der Waals surface area contributed by atoms with Crippen molar-refractivity contribution in [1.82, 2.24) is 0 Å². The van der Waals surface area contributed by atoms with Crippen molar-refractivity contribution in [3.63, 3.8) is 0 Å². The highest BCUT2D eigenvalue weighted by Gasteiger charge is 2.14. The smallest absolute Gasteiger partial charge is 0.164 e. The lowest BCUT2D eigenvalue weighted by atomic mass is 10.0. The third kappa shape index (κ3) is 2.26. The number of aryl methyl sites for hydroxylation is 2. The third-order valence-corrected chi connectivity index (χ3v) is 2.93. The van der Waals surface area contributed by atoms with E-state index in [-0.39, 0.29) is 11.8 Å². The lowest BCUT2D eigenvalue weighted by Crippen LogP contribution is -2.19. The average molecular weight is 203 g/mol. The van der Waals surface area contributed by atoms with E-state index in [4.69, 9.17) is 5.73 Å². The second kappa shape index (κ2) is 4.15. The molecule has 1 aliphatic carbocycles. The molecule has 0 amide bonds. The number of fused-ring (bicyclic) bond motifs is 1. The molecule has 2 heteroatoms. The van der Waals surface area contributed by atoms with Crippen LogP contribution in [0.15, 0.2) is 18.2 Å². The van der Waals surface area contributed by atoms with Crippen LogP contribution < -0.4 is 5.73 Å². The zero-order valence-corrected chi connectivity index (χ0v) is 9.12. The summed E-state index contributed by atoms with van der Waals surface area (Å²) in [5.74, 6) is 0.166. The Morgan fingerprint density at radius 3 is 2.87 bits per heavy atom. The van der Waals surface area contributed by atoms with E-state index in [2.05, 4.69) is 6.07 Å². The van der Waals surface area contributed by atoms with Crippen LogP contribution in [0.25, 0.3) is 0 Å². The monoisotopic (exact) mass is 203 g/mol. The molecule has 0 fully saturated rings. The summed E-state index contributed by atoms with van der Waals surface area (Å²) in [6.07, 6.45) is 3.95. The predicted octanol–water partition coefficient (Wildman–Crippen LogP) is 2.10. The molecule has 0 bridgehead atoms. The molecule has 0 saturated carbocycles. The van der Waals surface area contributed by atoms with E-state index in [1.54, 1.807) is 0 Å². The molecular weight excluding hydrogens is 186 g/mol. The summed E-state index contributed by atoms with van der Waals surface area (Å²) in [5, 5.41) is 0. The van der Waals surface area contributed by atoms with Gasteiger partial charge < -0.3 is 5.73 Å². The highest BCUT2D eigenvalue weighted by Crippen LogP contribution is 2.23. The first kappa shape index (κ1) is 10.4. The Bertz CT molecular complexity index is 382. The van der Waals surface area contributed by atoms with Crippen LogP contribution in [-0.2, 0) is 12.8 Å². The van der Waals surface area contributed by atoms with Gasteiger partial charge in [-0.15, -0.1) is 0 Å². The summed E-state index contributed by atoms with van der Waals surface area (Å²) < 4.78 is 0. The molecule has 1 aromatic rings. The van der Waals surface area contributed by atoms with Gasteiger partial charge in [-0.05, 0) is 43.4 Å². The Hall–Kier alpha value is -1.15. The first-order valence-corrected chi connectivity index (χ1v) is 5.57. The molecule has 80 valence electrons. The van der Waals surface area contributed by atoms with E-state index in [0.717, 1.165) is 18.4 Å². The Balaban J connectivity index is 2.19. The zero-order valence-electron chi connectivity index (χ0n) is 9.12. The van der Waals surface area contributed by atoms with Crippen molar-refractivity contribution >= 4 is 5.78 Å². The largest absolute Gasteiger partial charge is 0.328 e. The number of hydrogen-bond donors (Lipinski definition) is 1. The summed E-state index contributed by atoms with van der Waals surface area (Å²) in [6.45, 7) is 1.87. The molecule has 1 aliphatic rings. The molecule has 0 aliphatic heterocycles. The topological polar surface area (TPSA) is 43.1 Å². The lowest BCUT2D eigenvalue weighted by molar-refractivity contribution is 0.0976. The quantitative estimate of drug-likeness (QED) is 0.764. The van der Waals surface area contributed by atoms with Gasteiger partial charge >= 0.3 is 0 Å². The van der Waals surface area contributed by atoms with Crippen molar-refractivity contribution < 1.29 is 4.79 Å². The van der Waals surface area contributed by atoms with Gasteiger partial charge in [-0.2, -0.15) is 0 Å². The maximum absolute atomic E-state index is 11.8. The number of benzene rings is 1. The molecular formula is C13H17NO. The molecule has 0 saturated heterocycles. The number of rotatable bonds is 3. The van der Waals surface area contributed by atoms with Crippen LogP contribution in [0.5, 0.6) is 0 Å². The number of ketones is 1. The Labute approximate surface area is 90.5 Å². The van der Waals surface area contributed by atoms with E-state index >= 15 is 0 Å². The highest BCUT2D eigenvalue weighted by atomic mass is 16.1. The van der Waals surface area contributed by atoms with E-state index in [1.807, 2.05) is 19.1 Å². The number of carbonyl (C=O) groups excluding carboxylic acids is 1. The lowest BCUT2D eigenvalue weighted by Gasteiger charge is -2.06. The number of nitrogens with two attached hydrogens (primary N) is 1. The van der Waals surface area contributed by atoms with Crippen molar-refractivity contribution in [2.45, 2.75) is 38.6 Å². The first-order chi connectivity index (χ1) is 7.16. The maximum Gasteiger partial charge on any atom is 0.164 e. The molecule has 1 atom stereocenters. The van der Waals surface area contributed by atoms with Gasteiger partial charge in [0.15, 0.2) is 5.78 Å². The number of Topliss-reactive ketones (excluding diaryl/α,β-unsaturated/α-hetero) is 1. The van der Waals surface area contributed by atoms with Crippen LogP contribution >= 0.6 is 0 Å². The highest BCUT2D eigenvalue weighted by molar-refractivity contribution is 5.96. The molecule has 2 rings (SSSR count). The minimum Gasteiger partial charge on any atom is -0.328 e. The molecule has 2 nitrogen and oxygen atoms in total. The molecule has 0 heterocycles. The molecule has 0 radical (unpaired) electrons. The van der Waals surface area contributed by atoms with Gasteiger partial charge in [-0.1, -0.05) is 12.1 Å². The fourth-order valence-corrected chi connectivity index (χ4v) is 2.16. The van der Waals surface area contributed by atoms with Crippen LogP contribution in [0, 0.1) is 0 Å². The van der Waals surface area contributed by atoms with Crippen molar-refractivity contribution in [3.05, 3.63) is 34.9 Å². The Morgan fingerprint density at radius 1 is 1.40 bits per heavy atom. The van der Waals surface area contributed by atoms with E-state index < -0.39 is 0 Å². The minimum atomic E-state index is -0.0502. The van der Waals surface area contributed by atoms with Crippen molar-refractivity contribution in [1.29, 1.82) is 0 Å². The van der Waals surface area contributed by atoms with E-state index in [0.29, 0.717) is 6.42 Å². The van der Waals surface area contributed by atoms with Crippen molar-refractivity contribution in [2.75, 3.05) is 0 Å². The fourth-order valence-electron chi connectivity index (χ4n) is 2.16. The van der Waals surface area contributed by atoms with Gasteiger partial charge in [-0.25, -0.2) is 0 Å². The van der Waals surface area contributed by atoms with Crippen LogP contribution in [0.1, 0.15) is 41.3 Å². The summed E-state index contributed by atoms with van der Waals surface area (Å²) in [7, 11) is 0. The van der Waals surface area contributed by atoms with Gasteiger partial charge in [0.05, 0.1) is 0 Å². The molecule has 1 unspecified atom stereocenters. The SMILES string of the molecule is CC(N)CC(=O)c1ccc2c(c1)CCC2. The Morgan fingerprint density at radius 2 is 2.13 bits per heavy atom. The zero-order chi connectivity index (χ0) is 10.8. The summed E-state index contributed by atoms with van der Waals surface area (Å²) >= 11 is 0. The standard InChI is InChI=1S/C13H17NO/c1-9(14)7-13(15)12-6-5-10-3-2-4-11(10)8-12/h5-6,8-9H,2-4,7,14H2,1H3. The Kier molecular flexibility index (Phi) is 2.87. The summed E-state index contributed by atoms with van der Waals surface area (Å²) in [5.41, 5.74) is 9.21. The average Bonchev–Trinajstić information content (AvgIpc) is 2.62. The van der Waals surface area contributed by atoms with Gasteiger partial charge in [0.2, 0.25) is 0 Å². The van der Waals surface area contributed by atoms with Crippen molar-refractivity contribution in [2.24, 2.45) is 5.73 Å². The van der Waals surface area contributed by atoms with E-state index in [9.17, 15) is 4.79 Å². The molecule has 15 heavy (non-hydrogen) atoms. The van der Waals surface area contributed by atoms with Crippen LogP contribution in [0.4, 0.5) is 0 Å².